The summed E-state index contributed by atoms with van der Waals surface area (Å²) in [5.41, 5.74) is 2.91. The van der Waals surface area contributed by atoms with Gasteiger partial charge in [0.15, 0.2) is 0 Å². The van der Waals surface area contributed by atoms with Gasteiger partial charge in [0, 0.05) is 18.9 Å². The zero-order chi connectivity index (χ0) is 24.5. The minimum absolute atomic E-state index is 0. The molecule has 4 nitrogen and oxygen atoms in total. The van der Waals surface area contributed by atoms with Crippen LogP contribution < -0.4 is 0 Å². The van der Waals surface area contributed by atoms with E-state index in [2.05, 4.69) is 18.0 Å². The number of carbonyl (C=O) groups is 1. The van der Waals surface area contributed by atoms with E-state index in [4.69, 9.17) is 0 Å². The van der Waals surface area contributed by atoms with Crippen LogP contribution in [0, 0.1) is 24.1 Å². The molecule has 1 aliphatic heterocycles. The van der Waals surface area contributed by atoms with E-state index in [9.17, 15) is 14.4 Å². The van der Waals surface area contributed by atoms with Gasteiger partial charge in [-0.05, 0) is 92.5 Å². The molecule has 0 N–H and O–H groups in total. The highest BCUT2D eigenvalue weighted by Gasteiger charge is 2.39. The van der Waals surface area contributed by atoms with Crippen molar-refractivity contribution >= 4 is 29.1 Å². The molecule has 0 aliphatic carbocycles. The van der Waals surface area contributed by atoms with Gasteiger partial charge < -0.3 is 9.80 Å². The van der Waals surface area contributed by atoms with Gasteiger partial charge in [-0.15, -0.1) is 12.4 Å². The number of aryl methyl sites for hydroxylation is 1. The number of nitrogens with zero attached hydrogens (tertiary/aromatic N) is 3. The van der Waals surface area contributed by atoms with E-state index >= 15 is 0 Å². The van der Waals surface area contributed by atoms with Crippen LogP contribution in [-0.2, 0) is 10.2 Å². The topological polar surface area (TPSA) is 47.3 Å². The number of hydrogen-bond donors (Lipinski definition) is 0. The molecule has 35 heavy (non-hydrogen) atoms. The van der Waals surface area contributed by atoms with Crippen molar-refractivity contribution in [2.24, 2.45) is 0 Å². The first-order chi connectivity index (χ1) is 16.2. The normalized spacial score (nSPS) is 16.2. The Kier molecular flexibility index (Phi) is 8.20. The van der Waals surface area contributed by atoms with E-state index in [1.165, 1.54) is 6.07 Å². The fourth-order valence-electron chi connectivity index (χ4n) is 5.18. The number of likely N-dealkylation sites (tertiary alicyclic amines) is 1. The van der Waals surface area contributed by atoms with Crippen molar-refractivity contribution in [2.75, 3.05) is 27.2 Å². The van der Waals surface area contributed by atoms with E-state index in [0.717, 1.165) is 47.8 Å². The zero-order valence-electron chi connectivity index (χ0n) is 20.8. The predicted molar refractivity (Wildman–Crippen MR) is 141 cm³/mol. The minimum Gasteiger partial charge on any atom is -0.339 e. The van der Waals surface area contributed by atoms with Crippen LogP contribution >= 0.6 is 12.4 Å². The van der Waals surface area contributed by atoms with Gasteiger partial charge in [0.25, 0.3) is 0 Å². The molecule has 1 heterocycles. The Balaban J connectivity index is 0.00000342. The van der Waals surface area contributed by atoms with Crippen molar-refractivity contribution < 1.29 is 9.18 Å². The van der Waals surface area contributed by atoms with Crippen LogP contribution in [0.5, 0.6) is 0 Å². The lowest BCUT2D eigenvalue weighted by Crippen LogP contribution is -2.44. The quantitative estimate of drug-likeness (QED) is 0.428. The number of nitriles is 1. The Bertz CT molecular complexity index is 1260. The van der Waals surface area contributed by atoms with Crippen LogP contribution in [-0.4, -0.2) is 42.9 Å². The molecule has 0 radical (unpaired) electrons. The standard InChI is InChI=1S/C29H32FN3O.ClH/c1-20-15-24(9-10-27(20)30)29(11-13-32(3)14-12-29)18-28(34)33(4)21(2)26-17-22(19-31)16-23-7-5-6-8-25(23)26;/h5-10,15-17,21H,11-14,18H2,1-4H3;1H. The SMILES string of the molecule is Cc1cc(C2(CC(=O)N(C)C(C)c3cc(C#N)cc4ccccc34)CCN(C)CC2)ccc1F.Cl. The van der Waals surface area contributed by atoms with Gasteiger partial charge in [-0.3, -0.25) is 4.79 Å². The van der Waals surface area contributed by atoms with Gasteiger partial charge in [0.1, 0.15) is 5.82 Å². The highest BCUT2D eigenvalue weighted by Crippen LogP contribution is 2.40. The van der Waals surface area contributed by atoms with Crippen molar-refractivity contribution in [1.29, 1.82) is 5.26 Å². The smallest absolute Gasteiger partial charge is 0.223 e. The molecule has 184 valence electrons. The second-order valence-corrected chi connectivity index (χ2v) is 9.80. The molecule has 1 fully saturated rings. The minimum atomic E-state index is -0.313. The number of rotatable bonds is 5. The van der Waals surface area contributed by atoms with E-state index in [0.29, 0.717) is 17.5 Å². The number of piperidine rings is 1. The third-order valence-corrected chi connectivity index (χ3v) is 7.65. The fraction of sp³-hybridized carbons (Fsp3) is 0.379. The maximum atomic E-state index is 14.0. The average Bonchev–Trinajstić information content (AvgIpc) is 2.85. The summed E-state index contributed by atoms with van der Waals surface area (Å²) in [7, 11) is 3.95. The molecule has 1 aliphatic rings. The molecule has 1 atom stereocenters. The highest BCUT2D eigenvalue weighted by atomic mass is 35.5. The summed E-state index contributed by atoms with van der Waals surface area (Å²) in [4.78, 5) is 17.8. The Labute approximate surface area is 213 Å². The molecule has 3 aromatic carbocycles. The number of halogens is 2. The van der Waals surface area contributed by atoms with Crippen molar-refractivity contribution in [3.63, 3.8) is 0 Å². The zero-order valence-corrected chi connectivity index (χ0v) is 21.7. The Morgan fingerprint density at radius 1 is 1.17 bits per heavy atom. The van der Waals surface area contributed by atoms with Gasteiger partial charge in [0.05, 0.1) is 17.7 Å². The first-order valence-electron chi connectivity index (χ1n) is 11.9. The van der Waals surface area contributed by atoms with Gasteiger partial charge in [-0.1, -0.05) is 36.4 Å². The average molecular weight is 494 g/mol. The molecule has 0 spiro atoms. The lowest BCUT2D eigenvalue weighted by Gasteiger charge is -2.42. The summed E-state index contributed by atoms with van der Waals surface area (Å²) < 4.78 is 14.0. The largest absolute Gasteiger partial charge is 0.339 e. The molecule has 3 aromatic rings. The summed E-state index contributed by atoms with van der Waals surface area (Å²) in [6.07, 6.45) is 2.09. The van der Waals surface area contributed by atoms with E-state index in [1.807, 2.05) is 62.5 Å². The molecule has 0 saturated carbocycles. The number of hydrogen-bond acceptors (Lipinski definition) is 3. The summed E-state index contributed by atoms with van der Waals surface area (Å²) >= 11 is 0. The molecule has 1 unspecified atom stereocenters. The molecule has 1 amide bonds. The van der Waals surface area contributed by atoms with Crippen molar-refractivity contribution in [3.8, 4) is 6.07 Å². The second-order valence-electron chi connectivity index (χ2n) is 9.80. The van der Waals surface area contributed by atoms with Crippen LogP contribution in [0.15, 0.2) is 54.6 Å². The van der Waals surface area contributed by atoms with Crippen molar-refractivity contribution in [2.45, 2.75) is 44.6 Å². The number of amides is 1. The molecule has 0 bridgehead atoms. The number of carbonyl (C=O) groups excluding carboxylic acids is 1. The lowest BCUT2D eigenvalue weighted by molar-refractivity contribution is -0.133. The molecule has 4 rings (SSSR count). The second kappa shape index (κ2) is 10.8. The maximum absolute atomic E-state index is 14.0. The molecule has 6 heteroatoms. The molecule has 1 saturated heterocycles. The first kappa shape index (κ1) is 26.7. The van der Waals surface area contributed by atoms with Gasteiger partial charge in [-0.2, -0.15) is 5.26 Å². The van der Waals surface area contributed by atoms with E-state index < -0.39 is 0 Å². The highest BCUT2D eigenvalue weighted by molar-refractivity contribution is 5.88. The third-order valence-electron chi connectivity index (χ3n) is 7.65. The molecular weight excluding hydrogens is 461 g/mol. The fourth-order valence-corrected chi connectivity index (χ4v) is 5.18. The van der Waals surface area contributed by atoms with Crippen LogP contribution in [0.2, 0.25) is 0 Å². The van der Waals surface area contributed by atoms with Gasteiger partial charge in [0.2, 0.25) is 5.91 Å². The first-order valence-corrected chi connectivity index (χ1v) is 11.9. The lowest BCUT2D eigenvalue weighted by atomic mass is 9.70. The van der Waals surface area contributed by atoms with Gasteiger partial charge in [-0.25, -0.2) is 4.39 Å². The maximum Gasteiger partial charge on any atom is 0.223 e. The molecule has 0 aromatic heterocycles. The summed E-state index contributed by atoms with van der Waals surface area (Å²) in [5, 5.41) is 11.6. The Morgan fingerprint density at radius 3 is 2.51 bits per heavy atom. The predicted octanol–water partition coefficient (Wildman–Crippen LogP) is 6.15. The van der Waals surface area contributed by atoms with Crippen molar-refractivity contribution in [1.82, 2.24) is 9.80 Å². The summed E-state index contributed by atoms with van der Waals surface area (Å²) in [5.74, 6) is -0.154. The summed E-state index contributed by atoms with van der Waals surface area (Å²) in [6.45, 7) is 5.60. The third kappa shape index (κ3) is 5.34. The van der Waals surface area contributed by atoms with Crippen LogP contribution in [0.1, 0.15) is 54.5 Å². The van der Waals surface area contributed by atoms with Crippen LogP contribution in [0.25, 0.3) is 10.8 Å². The number of fused-ring (bicyclic) bond motifs is 1. The van der Waals surface area contributed by atoms with Crippen LogP contribution in [0.3, 0.4) is 0 Å². The van der Waals surface area contributed by atoms with Crippen molar-refractivity contribution in [3.05, 3.63) is 82.7 Å². The van der Waals surface area contributed by atoms with Gasteiger partial charge >= 0.3 is 0 Å². The van der Waals surface area contributed by atoms with E-state index in [1.54, 1.807) is 11.8 Å². The summed E-state index contributed by atoms with van der Waals surface area (Å²) in [6, 6.07) is 19.1. The van der Waals surface area contributed by atoms with E-state index in [-0.39, 0.29) is 35.6 Å². The monoisotopic (exact) mass is 493 g/mol. The Hall–Kier alpha value is -2.94. The molecular formula is C29H33ClFN3O. The number of benzene rings is 3. The Morgan fingerprint density at radius 2 is 1.86 bits per heavy atom. The van der Waals surface area contributed by atoms with Crippen LogP contribution in [0.4, 0.5) is 4.39 Å².